The Kier molecular flexibility index (Phi) is 1.47. The number of aromatic nitrogens is 2. The number of nitrogens with two attached hydrogens (primary N) is 1. The zero-order chi connectivity index (χ0) is 6.91. The van der Waals surface area contributed by atoms with Gasteiger partial charge in [0, 0.05) is 0 Å². The molecule has 2 N–H and O–H groups in total. The summed E-state index contributed by atoms with van der Waals surface area (Å²) >= 11 is 0.807. The lowest BCUT2D eigenvalue weighted by molar-refractivity contribution is 0.595. The molecule has 0 radical (unpaired) electrons. The molecule has 0 aromatic carbocycles. The van der Waals surface area contributed by atoms with E-state index in [2.05, 4.69) is 13.9 Å². The number of hydrogen-bond donors (Lipinski definition) is 1. The van der Waals surface area contributed by atoms with Crippen LogP contribution in [0.5, 0.6) is 0 Å². The molecule has 0 spiro atoms. The first kappa shape index (κ1) is 6.59. The van der Waals surface area contributed by atoms with E-state index in [1.165, 1.54) is 0 Å². The molecule has 0 aliphatic carbocycles. The van der Waals surface area contributed by atoms with Crippen LogP contribution >= 0.6 is 11.7 Å². The first-order valence-corrected chi connectivity index (χ1v) is 4.19. The van der Waals surface area contributed by atoms with Crippen molar-refractivity contribution < 1.29 is 8.42 Å². The lowest BCUT2D eigenvalue weighted by atomic mass is 11.0. The van der Waals surface area contributed by atoms with Crippen LogP contribution in [-0.4, -0.2) is 17.2 Å². The van der Waals surface area contributed by atoms with Gasteiger partial charge in [0.2, 0.25) is 5.03 Å². The average Bonchev–Trinajstić information content (AvgIpc) is 2.08. The third-order valence-electron chi connectivity index (χ3n) is 0.633. The van der Waals surface area contributed by atoms with Crippen molar-refractivity contribution >= 4 is 21.8 Å². The predicted molar refractivity (Wildman–Crippen MR) is 31.3 cm³/mol. The molecule has 1 aromatic rings. The molecular weight excluding hydrogens is 162 g/mol. The standard InChI is InChI=1S/C2H3N3O2S2/c3-9(6,7)2-1-4-8-5-2/h1H,(H2,3,6,7). The molecule has 0 atom stereocenters. The molecule has 1 rings (SSSR count). The second kappa shape index (κ2) is 2.01. The molecule has 0 aliphatic rings. The number of sulfonamides is 1. The summed E-state index contributed by atoms with van der Waals surface area (Å²) in [5, 5.41) is 4.50. The van der Waals surface area contributed by atoms with Crippen molar-refractivity contribution in [3.05, 3.63) is 6.20 Å². The summed E-state index contributed by atoms with van der Waals surface area (Å²) in [6.45, 7) is 0. The van der Waals surface area contributed by atoms with E-state index in [0.29, 0.717) is 0 Å². The lowest BCUT2D eigenvalue weighted by Crippen LogP contribution is -2.11. The van der Waals surface area contributed by atoms with Gasteiger partial charge in [-0.15, -0.1) is 0 Å². The van der Waals surface area contributed by atoms with E-state index < -0.39 is 10.0 Å². The number of primary sulfonamides is 1. The minimum Gasteiger partial charge on any atom is -0.223 e. The predicted octanol–water partition coefficient (Wildman–Crippen LogP) is -0.815. The Hall–Kier alpha value is -0.530. The molecule has 0 bridgehead atoms. The summed E-state index contributed by atoms with van der Waals surface area (Å²) in [5.74, 6) is 0. The third kappa shape index (κ3) is 1.44. The summed E-state index contributed by atoms with van der Waals surface area (Å²) < 4.78 is 27.6. The summed E-state index contributed by atoms with van der Waals surface area (Å²) in [7, 11) is -3.62. The van der Waals surface area contributed by atoms with Crippen molar-refractivity contribution in [2.45, 2.75) is 5.03 Å². The molecule has 1 aromatic heterocycles. The number of rotatable bonds is 1. The second-order valence-electron chi connectivity index (χ2n) is 1.29. The van der Waals surface area contributed by atoms with Gasteiger partial charge in [0.25, 0.3) is 10.0 Å². The summed E-state index contributed by atoms with van der Waals surface area (Å²) in [6, 6.07) is 0. The van der Waals surface area contributed by atoms with Gasteiger partial charge in [-0.3, -0.25) is 0 Å². The molecule has 7 heteroatoms. The zero-order valence-corrected chi connectivity index (χ0v) is 5.82. The van der Waals surface area contributed by atoms with E-state index in [1.54, 1.807) is 0 Å². The van der Waals surface area contributed by atoms with Gasteiger partial charge in [0.05, 0.1) is 17.9 Å². The maximum absolute atomic E-state index is 10.4. The molecule has 0 unspecified atom stereocenters. The highest BCUT2D eigenvalue weighted by Crippen LogP contribution is 1.99. The van der Waals surface area contributed by atoms with Crippen molar-refractivity contribution in [1.29, 1.82) is 0 Å². The molecular formula is C2H3N3O2S2. The van der Waals surface area contributed by atoms with E-state index in [9.17, 15) is 8.42 Å². The van der Waals surface area contributed by atoms with Crippen molar-refractivity contribution in [2.75, 3.05) is 0 Å². The summed E-state index contributed by atoms with van der Waals surface area (Å²) in [4.78, 5) is 0. The van der Waals surface area contributed by atoms with Crippen molar-refractivity contribution in [1.82, 2.24) is 8.75 Å². The Labute approximate surface area is 55.9 Å². The molecule has 0 aliphatic heterocycles. The first-order chi connectivity index (χ1) is 4.11. The first-order valence-electron chi connectivity index (χ1n) is 1.91. The van der Waals surface area contributed by atoms with Gasteiger partial charge in [0.15, 0.2) is 0 Å². The highest BCUT2D eigenvalue weighted by atomic mass is 32.2. The van der Waals surface area contributed by atoms with Crippen molar-refractivity contribution in [3.63, 3.8) is 0 Å². The van der Waals surface area contributed by atoms with Crippen LogP contribution in [0.25, 0.3) is 0 Å². The third-order valence-corrected chi connectivity index (χ3v) is 2.01. The lowest BCUT2D eigenvalue weighted by Gasteiger charge is -1.83. The van der Waals surface area contributed by atoms with Crippen LogP contribution in [0.4, 0.5) is 0 Å². The number of hydrogen-bond acceptors (Lipinski definition) is 5. The molecule has 50 valence electrons. The fraction of sp³-hybridized carbons (Fsp3) is 0. The van der Waals surface area contributed by atoms with E-state index in [0.717, 1.165) is 17.9 Å². The van der Waals surface area contributed by atoms with E-state index in [-0.39, 0.29) is 5.03 Å². The maximum Gasteiger partial charge on any atom is 0.258 e. The SMILES string of the molecule is NS(=O)(=O)c1cnsn1. The Morgan fingerprint density at radius 1 is 1.67 bits per heavy atom. The molecule has 0 amide bonds. The monoisotopic (exact) mass is 165 g/mol. The number of nitrogens with zero attached hydrogens (tertiary/aromatic N) is 2. The van der Waals surface area contributed by atoms with Gasteiger partial charge in [-0.1, -0.05) is 0 Å². The van der Waals surface area contributed by atoms with Gasteiger partial charge in [-0.25, -0.2) is 13.6 Å². The quantitative estimate of drug-likeness (QED) is 0.589. The minimum atomic E-state index is -3.62. The van der Waals surface area contributed by atoms with Gasteiger partial charge in [0.1, 0.15) is 0 Å². The van der Waals surface area contributed by atoms with E-state index in [4.69, 9.17) is 0 Å². The summed E-state index contributed by atoms with van der Waals surface area (Å²) in [5.41, 5.74) is 0. The molecule has 0 saturated heterocycles. The van der Waals surface area contributed by atoms with Gasteiger partial charge in [-0.2, -0.15) is 8.75 Å². The average molecular weight is 165 g/mol. The Balaban J connectivity index is 3.20. The Morgan fingerprint density at radius 2 is 2.33 bits per heavy atom. The second-order valence-corrected chi connectivity index (χ2v) is 3.36. The Bertz CT molecular complexity index is 275. The van der Waals surface area contributed by atoms with Gasteiger partial charge >= 0.3 is 0 Å². The molecule has 9 heavy (non-hydrogen) atoms. The van der Waals surface area contributed by atoms with Crippen LogP contribution in [-0.2, 0) is 10.0 Å². The molecule has 0 saturated carbocycles. The topological polar surface area (TPSA) is 85.9 Å². The van der Waals surface area contributed by atoms with Crippen molar-refractivity contribution in [2.24, 2.45) is 5.14 Å². The fourth-order valence-electron chi connectivity index (χ4n) is 0.281. The molecule has 0 fully saturated rings. The van der Waals surface area contributed by atoms with Gasteiger partial charge in [-0.05, 0) is 0 Å². The Morgan fingerprint density at radius 3 is 2.56 bits per heavy atom. The van der Waals surface area contributed by atoms with Crippen molar-refractivity contribution in [3.8, 4) is 0 Å². The van der Waals surface area contributed by atoms with Crippen LogP contribution in [0.2, 0.25) is 0 Å². The van der Waals surface area contributed by atoms with Gasteiger partial charge < -0.3 is 0 Å². The van der Waals surface area contributed by atoms with Crippen LogP contribution in [0.15, 0.2) is 11.2 Å². The largest absolute Gasteiger partial charge is 0.258 e. The fourth-order valence-corrected chi connectivity index (χ4v) is 1.39. The smallest absolute Gasteiger partial charge is 0.223 e. The van der Waals surface area contributed by atoms with E-state index >= 15 is 0 Å². The van der Waals surface area contributed by atoms with Crippen LogP contribution in [0, 0.1) is 0 Å². The van der Waals surface area contributed by atoms with Crippen LogP contribution in [0.3, 0.4) is 0 Å². The van der Waals surface area contributed by atoms with Crippen LogP contribution in [0.1, 0.15) is 0 Å². The summed E-state index contributed by atoms with van der Waals surface area (Å²) in [6.07, 6.45) is 1.11. The molecule has 5 nitrogen and oxygen atoms in total. The van der Waals surface area contributed by atoms with E-state index in [1.807, 2.05) is 0 Å². The normalized spacial score (nSPS) is 11.7. The maximum atomic E-state index is 10.4. The van der Waals surface area contributed by atoms with Crippen LogP contribution < -0.4 is 5.14 Å². The highest BCUT2D eigenvalue weighted by molar-refractivity contribution is 7.89. The highest BCUT2D eigenvalue weighted by Gasteiger charge is 2.09. The molecule has 1 heterocycles. The zero-order valence-electron chi connectivity index (χ0n) is 4.18. The minimum absolute atomic E-state index is 0.174.